The van der Waals surface area contributed by atoms with Crippen molar-refractivity contribution in [3.05, 3.63) is 29.8 Å². The van der Waals surface area contributed by atoms with Crippen molar-refractivity contribution in [2.24, 2.45) is 0 Å². The Morgan fingerprint density at radius 3 is 2.40 bits per heavy atom. The third-order valence-corrected chi connectivity index (χ3v) is 2.26. The van der Waals surface area contributed by atoms with E-state index < -0.39 is 7.12 Å². The van der Waals surface area contributed by atoms with Gasteiger partial charge in [0.1, 0.15) is 0 Å². The summed E-state index contributed by atoms with van der Waals surface area (Å²) in [6.45, 7) is 0. The summed E-state index contributed by atoms with van der Waals surface area (Å²) in [4.78, 5) is 0. The third-order valence-electron chi connectivity index (χ3n) is 2.26. The summed E-state index contributed by atoms with van der Waals surface area (Å²) in [6.07, 6.45) is 0.537. The zero-order chi connectivity index (χ0) is 11.3. The van der Waals surface area contributed by atoms with E-state index in [1.165, 1.54) is 0 Å². The Hall–Kier alpha value is -0.840. The van der Waals surface area contributed by atoms with Gasteiger partial charge >= 0.3 is 14.7 Å². The molecule has 15 heavy (non-hydrogen) atoms. The van der Waals surface area contributed by atoms with Gasteiger partial charge in [-0.1, -0.05) is 24.3 Å². The van der Waals surface area contributed by atoms with E-state index in [2.05, 4.69) is 5.32 Å². The topological polar surface area (TPSA) is 52.5 Å². The molecule has 1 atom stereocenters. The monoisotopic (exact) mass is 208 g/mol. The van der Waals surface area contributed by atoms with Crippen LogP contribution in [-0.4, -0.2) is 37.7 Å². The molecular weight excluding hydrogens is 195 g/mol. The Kier molecular flexibility index (Phi) is 4.81. The van der Waals surface area contributed by atoms with Crippen molar-refractivity contribution in [3.8, 4) is 0 Å². The van der Waals surface area contributed by atoms with Crippen LogP contribution in [0.5, 0.6) is 0 Å². The third kappa shape index (κ3) is 3.66. The predicted molar refractivity (Wildman–Crippen MR) is 59.7 cm³/mol. The molecule has 0 bridgehead atoms. The molecule has 79 valence electrons. The van der Waals surface area contributed by atoms with Gasteiger partial charge in [0.25, 0.3) is 0 Å². The number of halogens is 1. The average molecular weight is 208 g/mol. The second-order valence-corrected chi connectivity index (χ2v) is 3.34. The molecule has 0 aliphatic heterocycles. The lowest BCUT2D eigenvalue weighted by molar-refractivity contribution is 0.426. The number of rotatable bonds is 5. The molecule has 0 spiro atoms. The average Bonchev–Trinajstić information content (AvgIpc) is 2.26. The van der Waals surface area contributed by atoms with Crippen molar-refractivity contribution in [1.82, 2.24) is 5.32 Å². The van der Waals surface area contributed by atoms with Crippen LogP contribution in [0.1, 0.15) is 5.56 Å². The molecule has 1 aromatic carbocycles. The lowest BCUT2D eigenvalue weighted by atomic mass is 9.79. The van der Waals surface area contributed by atoms with Gasteiger partial charge in [0.2, 0.25) is 0 Å². The van der Waals surface area contributed by atoms with E-state index in [1.807, 2.05) is 0 Å². The molecule has 1 aromatic rings. The number of nitrogens with one attached hydrogen (secondary N) is 1. The number of likely N-dealkylation sites (N-methyl/N-ethyl adjacent to an activating group) is 1. The van der Waals surface area contributed by atoms with Crippen LogP contribution in [0.2, 0.25) is 0 Å². The van der Waals surface area contributed by atoms with Gasteiger partial charge in [-0.2, -0.15) is 0 Å². The molecule has 3 N–H and O–H groups in total. The molecule has 6 heteroatoms. The molecule has 0 aliphatic carbocycles. The summed E-state index contributed by atoms with van der Waals surface area (Å²) in [5.74, 6) is -0.310. The first-order valence-electron chi connectivity index (χ1n) is 4.73. The smallest absolute Gasteiger partial charge is 0.423 e. The zero-order valence-electron chi connectivity index (χ0n) is 8.52. The Morgan fingerprint density at radius 1 is 1.40 bits per heavy atom. The molecule has 1 rings (SSSR count). The zero-order valence-corrected chi connectivity index (χ0v) is 8.52. The lowest BCUT2D eigenvalue weighted by Crippen LogP contribution is -2.32. The van der Waals surface area contributed by atoms with E-state index in [9.17, 15) is 4.32 Å². The van der Waals surface area contributed by atoms with Gasteiger partial charge in [0.05, 0.1) is 0 Å². The highest BCUT2D eigenvalue weighted by Gasteiger charge is 2.12. The van der Waals surface area contributed by atoms with Gasteiger partial charge in [0, 0.05) is 5.94 Å². The van der Waals surface area contributed by atoms with E-state index >= 15 is 0 Å². The minimum atomic E-state index is -1.45. The summed E-state index contributed by atoms with van der Waals surface area (Å²) in [7, 11) is 0.841. The maximum atomic E-state index is 12.3. The number of hydrogen-bond donors (Lipinski definition) is 3. The molecule has 0 unspecified atom stereocenters. The molecule has 0 saturated heterocycles. The molecule has 1 radical (unpaired) electrons. The second kappa shape index (κ2) is 5.90. The highest BCUT2D eigenvalue weighted by atomic mass is 19.1. The van der Waals surface area contributed by atoms with Gasteiger partial charge in [-0.05, 0) is 24.5 Å². The van der Waals surface area contributed by atoms with E-state index in [0.29, 0.717) is 19.4 Å². The van der Waals surface area contributed by atoms with Crippen LogP contribution in [0.4, 0.5) is 4.32 Å². The first-order chi connectivity index (χ1) is 7.17. The normalized spacial score (nSPS) is 12.3. The molecule has 0 amide bonds. The summed E-state index contributed by atoms with van der Waals surface area (Å²) in [6, 6.07) is 6.74. The molecule has 3 nitrogen and oxygen atoms in total. The number of hydrogen-bond acceptors (Lipinski definition) is 3. The first-order valence-corrected chi connectivity index (χ1v) is 4.73. The second-order valence-electron chi connectivity index (χ2n) is 3.34. The Morgan fingerprint density at radius 2 is 2.00 bits per heavy atom. The van der Waals surface area contributed by atoms with Gasteiger partial charge in [0.15, 0.2) is 0 Å². The fourth-order valence-electron chi connectivity index (χ4n) is 1.29. The molecule has 0 aromatic heterocycles. The van der Waals surface area contributed by atoms with Crippen LogP contribution in [-0.2, 0) is 6.42 Å². The van der Waals surface area contributed by atoms with Crippen LogP contribution < -0.4 is 10.8 Å². The Labute approximate surface area is 89.8 Å². The molecule has 0 fully saturated rings. The van der Waals surface area contributed by atoms with Gasteiger partial charge < -0.3 is 19.7 Å². The summed E-state index contributed by atoms with van der Waals surface area (Å²) < 4.78 is 12.3. The molecular formula is C9H13B2FNO2. The van der Waals surface area contributed by atoms with Crippen molar-refractivity contribution in [2.75, 3.05) is 7.05 Å². The van der Waals surface area contributed by atoms with Crippen LogP contribution >= 0.6 is 0 Å². The fourth-order valence-corrected chi connectivity index (χ4v) is 1.29. The van der Waals surface area contributed by atoms with E-state index in [4.69, 9.17) is 10.0 Å². The minimum absolute atomic E-state index is 0.310. The van der Waals surface area contributed by atoms with Crippen LogP contribution in [0.15, 0.2) is 24.3 Å². The van der Waals surface area contributed by atoms with Crippen molar-refractivity contribution in [2.45, 2.75) is 12.4 Å². The Balaban J connectivity index is 2.63. The first kappa shape index (κ1) is 12.2. The molecule has 0 heterocycles. The van der Waals surface area contributed by atoms with Crippen LogP contribution in [0, 0.1) is 0 Å². The largest absolute Gasteiger partial charge is 0.488 e. The van der Waals surface area contributed by atoms with Crippen molar-refractivity contribution >= 4 is 20.1 Å². The SMILES string of the molecule is CN[C@@H]([B]F)Cc1ccc(B(O)O)cc1. The maximum Gasteiger partial charge on any atom is 0.488 e. The van der Waals surface area contributed by atoms with Crippen molar-refractivity contribution in [3.63, 3.8) is 0 Å². The molecule has 0 saturated carbocycles. The van der Waals surface area contributed by atoms with Gasteiger partial charge in [-0.3, -0.25) is 0 Å². The summed E-state index contributed by atoms with van der Waals surface area (Å²) >= 11 is 0. The van der Waals surface area contributed by atoms with E-state index in [0.717, 1.165) is 5.56 Å². The van der Waals surface area contributed by atoms with Crippen LogP contribution in [0.3, 0.4) is 0 Å². The molecule has 0 aliphatic rings. The summed E-state index contributed by atoms with van der Waals surface area (Å²) in [5.41, 5.74) is 1.37. The standard InChI is InChI=1S/C9H13B2FNO2/c1-13-9(10-12)6-7-2-4-8(5-3-7)11(14)15/h2-5,9,13-15H,6H2,1H3/t9-/m1/s1. The number of benzene rings is 1. The van der Waals surface area contributed by atoms with E-state index in [1.54, 1.807) is 31.3 Å². The summed E-state index contributed by atoms with van der Waals surface area (Å²) in [5, 5.41) is 20.5. The fraction of sp³-hybridized carbons (Fsp3) is 0.333. The van der Waals surface area contributed by atoms with Crippen molar-refractivity contribution < 1.29 is 14.4 Å². The van der Waals surface area contributed by atoms with Crippen LogP contribution in [0.25, 0.3) is 0 Å². The highest BCUT2D eigenvalue weighted by molar-refractivity contribution is 6.58. The van der Waals surface area contributed by atoms with Crippen molar-refractivity contribution in [1.29, 1.82) is 0 Å². The predicted octanol–water partition coefficient (Wildman–Crippen LogP) is -0.957. The minimum Gasteiger partial charge on any atom is -0.423 e. The van der Waals surface area contributed by atoms with Gasteiger partial charge in [-0.15, -0.1) is 0 Å². The maximum absolute atomic E-state index is 12.3. The van der Waals surface area contributed by atoms with E-state index in [-0.39, 0.29) is 5.94 Å². The Bertz CT molecular complexity index is 291. The quantitative estimate of drug-likeness (QED) is 0.546. The van der Waals surface area contributed by atoms with Gasteiger partial charge in [-0.25, -0.2) is 0 Å². The lowest BCUT2D eigenvalue weighted by Gasteiger charge is -2.10. The highest BCUT2D eigenvalue weighted by Crippen LogP contribution is 2.01.